The summed E-state index contributed by atoms with van der Waals surface area (Å²) in [6, 6.07) is 10.1. The van der Waals surface area contributed by atoms with Crippen molar-refractivity contribution in [2.24, 2.45) is 0 Å². The van der Waals surface area contributed by atoms with Crippen LogP contribution in [0, 0.1) is 11.3 Å². The molecule has 1 aromatic carbocycles. The van der Waals surface area contributed by atoms with Crippen LogP contribution in [-0.4, -0.2) is 30.2 Å². The third kappa shape index (κ3) is 2.56. The van der Waals surface area contributed by atoms with Crippen LogP contribution in [0.25, 0.3) is 5.57 Å². The molecule has 21 heavy (non-hydrogen) atoms. The summed E-state index contributed by atoms with van der Waals surface area (Å²) in [5.41, 5.74) is 2.68. The Morgan fingerprint density at radius 3 is 2.95 bits per heavy atom. The zero-order valence-electron chi connectivity index (χ0n) is 11.7. The van der Waals surface area contributed by atoms with Crippen LogP contribution in [0.15, 0.2) is 42.7 Å². The average molecular weight is 278 g/mol. The molecule has 0 unspecified atom stereocenters. The predicted molar refractivity (Wildman–Crippen MR) is 79.9 cm³/mol. The van der Waals surface area contributed by atoms with Crippen molar-refractivity contribution in [2.75, 3.05) is 25.1 Å². The first kappa shape index (κ1) is 13.1. The molecule has 0 bridgehead atoms. The number of aromatic nitrogens is 2. The maximum atomic E-state index is 9.12. The number of methoxy groups -OCH3 is 1. The van der Waals surface area contributed by atoms with Crippen molar-refractivity contribution in [3.8, 4) is 11.8 Å². The highest BCUT2D eigenvalue weighted by atomic mass is 16.5. The third-order valence-electron chi connectivity index (χ3n) is 3.44. The van der Waals surface area contributed by atoms with Crippen LogP contribution in [0.4, 0.5) is 5.82 Å². The molecule has 1 aliphatic rings. The summed E-state index contributed by atoms with van der Waals surface area (Å²) in [5, 5.41) is 9.12. The van der Waals surface area contributed by atoms with E-state index in [0.29, 0.717) is 18.1 Å². The summed E-state index contributed by atoms with van der Waals surface area (Å²) in [7, 11) is 1.66. The predicted octanol–water partition coefficient (Wildman–Crippen LogP) is 2.26. The third-order valence-corrected chi connectivity index (χ3v) is 3.44. The van der Waals surface area contributed by atoms with Gasteiger partial charge in [0, 0.05) is 25.5 Å². The fourth-order valence-corrected chi connectivity index (χ4v) is 2.39. The molecule has 2 aromatic rings. The number of ether oxygens (including phenoxy) is 1. The summed E-state index contributed by atoms with van der Waals surface area (Å²) in [4.78, 5) is 10.4. The molecule has 0 radical (unpaired) electrons. The minimum absolute atomic E-state index is 0.359. The van der Waals surface area contributed by atoms with Crippen molar-refractivity contribution >= 4 is 11.4 Å². The molecule has 0 saturated heterocycles. The molecule has 104 valence electrons. The first-order valence-electron chi connectivity index (χ1n) is 6.61. The fourth-order valence-electron chi connectivity index (χ4n) is 2.39. The second kappa shape index (κ2) is 5.63. The van der Waals surface area contributed by atoms with E-state index in [1.807, 2.05) is 23.1 Å². The standard InChI is InChI=1S/C16H14N4O/c1-21-14-4-2-3-12(9-14)13-5-8-20(11-13)16-15(10-17)18-6-7-19-16/h2-7,9H,8,11H2,1H3. The fraction of sp³-hybridized carbons (Fsp3) is 0.188. The summed E-state index contributed by atoms with van der Waals surface area (Å²) >= 11 is 0. The van der Waals surface area contributed by atoms with E-state index in [-0.39, 0.29) is 0 Å². The molecule has 2 heterocycles. The van der Waals surface area contributed by atoms with E-state index in [9.17, 15) is 0 Å². The van der Waals surface area contributed by atoms with E-state index in [0.717, 1.165) is 17.9 Å². The molecular formula is C16H14N4O. The minimum atomic E-state index is 0.359. The van der Waals surface area contributed by atoms with Crippen LogP contribution < -0.4 is 9.64 Å². The van der Waals surface area contributed by atoms with E-state index < -0.39 is 0 Å². The van der Waals surface area contributed by atoms with E-state index >= 15 is 0 Å². The SMILES string of the molecule is COc1cccc(C2=CCN(c3nccnc3C#N)C2)c1. The highest BCUT2D eigenvalue weighted by Gasteiger charge is 2.20. The summed E-state index contributed by atoms with van der Waals surface area (Å²) in [6.45, 7) is 1.43. The first-order chi connectivity index (χ1) is 10.3. The van der Waals surface area contributed by atoms with Crippen LogP contribution in [-0.2, 0) is 0 Å². The van der Waals surface area contributed by atoms with E-state index in [1.54, 1.807) is 13.3 Å². The zero-order valence-corrected chi connectivity index (χ0v) is 11.7. The normalized spacial score (nSPS) is 13.7. The van der Waals surface area contributed by atoms with Crippen LogP contribution in [0.5, 0.6) is 5.75 Å². The molecule has 1 aliphatic heterocycles. The summed E-state index contributed by atoms with van der Waals surface area (Å²) in [5.74, 6) is 1.47. The average Bonchev–Trinajstić information content (AvgIpc) is 3.04. The lowest BCUT2D eigenvalue weighted by atomic mass is 10.1. The largest absolute Gasteiger partial charge is 0.497 e. The van der Waals surface area contributed by atoms with Gasteiger partial charge in [0.1, 0.15) is 11.8 Å². The van der Waals surface area contributed by atoms with E-state index in [1.165, 1.54) is 11.8 Å². The maximum absolute atomic E-state index is 9.12. The molecule has 0 fully saturated rings. The van der Waals surface area contributed by atoms with Gasteiger partial charge in [-0.2, -0.15) is 5.26 Å². The van der Waals surface area contributed by atoms with Crippen molar-refractivity contribution in [1.82, 2.24) is 9.97 Å². The molecular weight excluding hydrogens is 264 g/mol. The highest BCUT2D eigenvalue weighted by Crippen LogP contribution is 2.27. The van der Waals surface area contributed by atoms with Gasteiger partial charge in [0.15, 0.2) is 11.5 Å². The minimum Gasteiger partial charge on any atom is -0.497 e. The van der Waals surface area contributed by atoms with Crippen molar-refractivity contribution in [1.29, 1.82) is 5.26 Å². The lowest BCUT2D eigenvalue weighted by molar-refractivity contribution is 0.414. The molecule has 5 nitrogen and oxygen atoms in total. The van der Waals surface area contributed by atoms with Crippen molar-refractivity contribution in [3.05, 3.63) is 54.0 Å². The Labute approximate surface area is 123 Å². The second-order valence-corrected chi connectivity index (χ2v) is 4.68. The number of hydrogen-bond acceptors (Lipinski definition) is 5. The molecule has 0 spiro atoms. The Morgan fingerprint density at radius 1 is 1.29 bits per heavy atom. The molecule has 0 amide bonds. The Hall–Kier alpha value is -2.87. The molecule has 0 saturated carbocycles. The van der Waals surface area contributed by atoms with Crippen LogP contribution in [0.3, 0.4) is 0 Å². The lowest BCUT2D eigenvalue weighted by Crippen LogP contribution is -2.22. The molecule has 1 aromatic heterocycles. The summed E-state index contributed by atoms with van der Waals surface area (Å²) in [6.07, 6.45) is 5.29. The highest BCUT2D eigenvalue weighted by molar-refractivity contribution is 5.75. The molecule has 5 heteroatoms. The van der Waals surface area contributed by atoms with Gasteiger partial charge < -0.3 is 9.64 Å². The zero-order chi connectivity index (χ0) is 14.7. The van der Waals surface area contributed by atoms with Gasteiger partial charge in [-0.05, 0) is 23.3 Å². The number of nitriles is 1. The van der Waals surface area contributed by atoms with Gasteiger partial charge in [0.25, 0.3) is 0 Å². The Morgan fingerprint density at radius 2 is 2.14 bits per heavy atom. The van der Waals surface area contributed by atoms with Gasteiger partial charge in [0.05, 0.1) is 7.11 Å². The molecule has 0 N–H and O–H groups in total. The first-order valence-corrected chi connectivity index (χ1v) is 6.61. The van der Waals surface area contributed by atoms with E-state index in [2.05, 4.69) is 28.2 Å². The van der Waals surface area contributed by atoms with E-state index in [4.69, 9.17) is 10.00 Å². The van der Waals surface area contributed by atoms with Crippen molar-refractivity contribution in [2.45, 2.75) is 0 Å². The molecule has 0 atom stereocenters. The van der Waals surface area contributed by atoms with Crippen molar-refractivity contribution < 1.29 is 4.74 Å². The topological polar surface area (TPSA) is 62.0 Å². The smallest absolute Gasteiger partial charge is 0.183 e. The Kier molecular flexibility index (Phi) is 3.52. The van der Waals surface area contributed by atoms with Gasteiger partial charge in [-0.25, -0.2) is 9.97 Å². The van der Waals surface area contributed by atoms with Gasteiger partial charge in [-0.1, -0.05) is 18.2 Å². The number of benzene rings is 1. The van der Waals surface area contributed by atoms with Crippen LogP contribution in [0.2, 0.25) is 0 Å². The van der Waals surface area contributed by atoms with Gasteiger partial charge in [-0.3, -0.25) is 0 Å². The van der Waals surface area contributed by atoms with Gasteiger partial charge in [0.2, 0.25) is 0 Å². The molecule has 0 aliphatic carbocycles. The number of nitrogens with zero attached hydrogens (tertiary/aromatic N) is 4. The van der Waals surface area contributed by atoms with Crippen molar-refractivity contribution in [3.63, 3.8) is 0 Å². The second-order valence-electron chi connectivity index (χ2n) is 4.68. The maximum Gasteiger partial charge on any atom is 0.183 e. The lowest BCUT2D eigenvalue weighted by Gasteiger charge is -2.17. The van der Waals surface area contributed by atoms with Gasteiger partial charge in [-0.15, -0.1) is 0 Å². The Bertz CT molecular complexity index is 733. The molecule has 3 rings (SSSR count). The van der Waals surface area contributed by atoms with Crippen LogP contribution >= 0.6 is 0 Å². The summed E-state index contributed by atoms with van der Waals surface area (Å²) < 4.78 is 5.26. The number of hydrogen-bond donors (Lipinski definition) is 0. The monoisotopic (exact) mass is 278 g/mol. The number of rotatable bonds is 3. The Balaban J connectivity index is 1.83. The number of anilines is 1. The van der Waals surface area contributed by atoms with Gasteiger partial charge >= 0.3 is 0 Å². The van der Waals surface area contributed by atoms with Crippen LogP contribution in [0.1, 0.15) is 11.3 Å². The quantitative estimate of drug-likeness (QED) is 0.861.